The predicted octanol–water partition coefficient (Wildman–Crippen LogP) is 3.88. The Balaban J connectivity index is 1.47. The number of thiazole rings is 1. The molecule has 1 aromatic heterocycles. The second kappa shape index (κ2) is 10.2. The highest BCUT2D eigenvalue weighted by molar-refractivity contribution is 7.09. The Morgan fingerprint density at radius 2 is 2.00 bits per heavy atom. The van der Waals surface area contributed by atoms with Gasteiger partial charge in [-0.3, -0.25) is 4.79 Å². The number of aryl methyl sites for hydroxylation is 1. The smallest absolute Gasteiger partial charge is 0.342 e. The van der Waals surface area contributed by atoms with E-state index in [0.29, 0.717) is 23.8 Å². The van der Waals surface area contributed by atoms with Gasteiger partial charge in [-0.1, -0.05) is 31.4 Å². The lowest BCUT2D eigenvalue weighted by molar-refractivity contribution is -0.124. The molecule has 3 rings (SSSR count). The van der Waals surface area contributed by atoms with Crippen molar-refractivity contribution in [1.29, 1.82) is 0 Å². The van der Waals surface area contributed by atoms with Crippen molar-refractivity contribution >= 4 is 23.2 Å². The van der Waals surface area contributed by atoms with E-state index in [9.17, 15) is 9.59 Å². The fraction of sp³-hybridized carbons (Fsp3) is 0.476. The number of rotatable bonds is 8. The van der Waals surface area contributed by atoms with E-state index in [0.717, 1.165) is 23.5 Å². The number of carbonyl (C=O) groups excluding carboxylic acids is 2. The van der Waals surface area contributed by atoms with Crippen LogP contribution >= 0.6 is 11.3 Å². The summed E-state index contributed by atoms with van der Waals surface area (Å²) in [6.07, 6.45) is 6.05. The molecule has 0 atom stereocenters. The number of amides is 1. The highest BCUT2D eigenvalue weighted by Gasteiger charge is 2.17. The fourth-order valence-corrected chi connectivity index (χ4v) is 3.89. The molecule has 1 N–H and O–H groups in total. The van der Waals surface area contributed by atoms with Crippen molar-refractivity contribution in [1.82, 2.24) is 10.3 Å². The number of benzene rings is 1. The minimum Gasteiger partial charge on any atom is -0.486 e. The molecule has 1 saturated carbocycles. The Kier molecular flexibility index (Phi) is 7.42. The molecule has 1 aliphatic rings. The Morgan fingerprint density at radius 1 is 1.21 bits per heavy atom. The lowest BCUT2D eigenvalue weighted by Gasteiger charge is -2.21. The van der Waals surface area contributed by atoms with Gasteiger partial charge in [0.2, 0.25) is 0 Å². The van der Waals surface area contributed by atoms with E-state index in [4.69, 9.17) is 9.47 Å². The topological polar surface area (TPSA) is 77.5 Å². The van der Waals surface area contributed by atoms with E-state index in [1.54, 1.807) is 35.6 Å². The van der Waals surface area contributed by atoms with Gasteiger partial charge in [0, 0.05) is 11.9 Å². The summed E-state index contributed by atoms with van der Waals surface area (Å²) in [5, 5.41) is 5.76. The summed E-state index contributed by atoms with van der Waals surface area (Å²) in [5.74, 6) is 0.116. The van der Waals surface area contributed by atoms with Gasteiger partial charge >= 0.3 is 5.97 Å². The number of hydrogen-bond acceptors (Lipinski definition) is 6. The molecule has 150 valence electrons. The van der Waals surface area contributed by atoms with Gasteiger partial charge in [0.05, 0.1) is 10.7 Å². The standard InChI is InChI=1S/C21H26N2O4S/c1-15-23-17(14-28-15)12-26-19-10-6-5-9-18(19)21(25)27-13-20(24)22-11-16-7-3-2-4-8-16/h5-6,9-10,14,16H,2-4,7-8,11-13H2,1H3,(H,22,24). The van der Waals surface area contributed by atoms with E-state index in [1.807, 2.05) is 12.3 Å². The largest absolute Gasteiger partial charge is 0.486 e. The summed E-state index contributed by atoms with van der Waals surface area (Å²) in [6.45, 7) is 2.57. The van der Waals surface area contributed by atoms with Crippen LogP contribution in [0.3, 0.4) is 0 Å². The van der Waals surface area contributed by atoms with Crippen molar-refractivity contribution in [2.75, 3.05) is 13.2 Å². The van der Waals surface area contributed by atoms with Crippen LogP contribution in [-0.2, 0) is 16.1 Å². The Labute approximate surface area is 169 Å². The first-order valence-electron chi connectivity index (χ1n) is 9.68. The number of aromatic nitrogens is 1. The normalized spacial score (nSPS) is 14.5. The van der Waals surface area contributed by atoms with Gasteiger partial charge in [-0.05, 0) is 37.8 Å². The molecule has 6 nitrogen and oxygen atoms in total. The monoisotopic (exact) mass is 402 g/mol. The summed E-state index contributed by atoms with van der Waals surface area (Å²) in [5.41, 5.74) is 1.11. The Morgan fingerprint density at radius 3 is 2.75 bits per heavy atom. The van der Waals surface area contributed by atoms with Crippen molar-refractivity contribution in [3.05, 3.63) is 45.9 Å². The van der Waals surface area contributed by atoms with Crippen molar-refractivity contribution in [3.63, 3.8) is 0 Å². The Hall–Kier alpha value is -2.41. The summed E-state index contributed by atoms with van der Waals surface area (Å²) in [6, 6.07) is 6.86. The van der Waals surface area contributed by atoms with E-state index in [-0.39, 0.29) is 19.1 Å². The first kappa shape index (κ1) is 20.3. The molecule has 0 unspecified atom stereocenters. The van der Waals surface area contributed by atoms with Crippen LogP contribution in [0.5, 0.6) is 5.75 Å². The van der Waals surface area contributed by atoms with Gasteiger partial charge < -0.3 is 14.8 Å². The summed E-state index contributed by atoms with van der Waals surface area (Å²) in [4.78, 5) is 28.7. The van der Waals surface area contributed by atoms with Crippen LogP contribution in [-0.4, -0.2) is 30.0 Å². The molecule has 1 aliphatic carbocycles. The number of esters is 1. The van der Waals surface area contributed by atoms with Crippen LogP contribution in [0.2, 0.25) is 0 Å². The number of carbonyl (C=O) groups is 2. The first-order chi connectivity index (χ1) is 13.6. The summed E-state index contributed by atoms with van der Waals surface area (Å²) in [7, 11) is 0. The lowest BCUT2D eigenvalue weighted by atomic mass is 9.89. The third kappa shape index (κ3) is 6.05. The van der Waals surface area contributed by atoms with Crippen LogP contribution < -0.4 is 10.1 Å². The average molecular weight is 403 g/mol. The fourth-order valence-electron chi connectivity index (χ4n) is 3.30. The molecular formula is C21H26N2O4S. The minimum atomic E-state index is -0.571. The first-order valence-corrected chi connectivity index (χ1v) is 10.6. The summed E-state index contributed by atoms with van der Waals surface area (Å²) < 4.78 is 10.9. The second-order valence-electron chi connectivity index (χ2n) is 7.03. The van der Waals surface area contributed by atoms with E-state index in [1.165, 1.54) is 19.3 Å². The van der Waals surface area contributed by atoms with Gasteiger partial charge in [0.15, 0.2) is 6.61 Å². The minimum absolute atomic E-state index is 0.268. The Bertz CT molecular complexity index is 799. The zero-order chi connectivity index (χ0) is 19.8. The van der Waals surface area contributed by atoms with Gasteiger partial charge in [-0.2, -0.15) is 0 Å². The van der Waals surface area contributed by atoms with Gasteiger partial charge in [0.1, 0.15) is 17.9 Å². The van der Waals surface area contributed by atoms with Crippen LogP contribution in [0.4, 0.5) is 0 Å². The average Bonchev–Trinajstić information content (AvgIpc) is 3.15. The quantitative estimate of drug-likeness (QED) is 0.678. The molecule has 7 heteroatoms. The molecule has 1 amide bonds. The van der Waals surface area contributed by atoms with Crippen molar-refractivity contribution in [2.24, 2.45) is 5.92 Å². The molecule has 2 aromatic rings. The number of nitrogens with one attached hydrogen (secondary N) is 1. The lowest BCUT2D eigenvalue weighted by Crippen LogP contribution is -2.33. The predicted molar refractivity (Wildman–Crippen MR) is 107 cm³/mol. The molecule has 0 aliphatic heterocycles. The van der Waals surface area contributed by atoms with Crippen LogP contribution in [0.15, 0.2) is 29.6 Å². The molecule has 0 bridgehead atoms. The van der Waals surface area contributed by atoms with Crippen LogP contribution in [0.1, 0.15) is 53.2 Å². The number of hydrogen-bond donors (Lipinski definition) is 1. The van der Waals surface area contributed by atoms with Crippen molar-refractivity contribution in [3.8, 4) is 5.75 Å². The van der Waals surface area contributed by atoms with E-state index >= 15 is 0 Å². The molecular weight excluding hydrogens is 376 g/mol. The molecule has 1 aromatic carbocycles. The maximum absolute atomic E-state index is 12.4. The maximum atomic E-state index is 12.4. The zero-order valence-electron chi connectivity index (χ0n) is 16.1. The molecule has 0 radical (unpaired) electrons. The number of ether oxygens (including phenoxy) is 2. The maximum Gasteiger partial charge on any atom is 0.342 e. The van der Waals surface area contributed by atoms with E-state index in [2.05, 4.69) is 10.3 Å². The number of nitrogens with zero attached hydrogens (tertiary/aromatic N) is 1. The van der Waals surface area contributed by atoms with Crippen LogP contribution in [0, 0.1) is 12.8 Å². The van der Waals surface area contributed by atoms with Crippen LogP contribution in [0.25, 0.3) is 0 Å². The molecule has 1 fully saturated rings. The van der Waals surface area contributed by atoms with Gasteiger partial charge in [-0.15, -0.1) is 11.3 Å². The van der Waals surface area contributed by atoms with Crippen molar-refractivity contribution < 1.29 is 19.1 Å². The number of para-hydroxylation sites is 1. The molecule has 1 heterocycles. The molecule has 0 spiro atoms. The van der Waals surface area contributed by atoms with Crippen molar-refractivity contribution in [2.45, 2.75) is 45.6 Å². The highest BCUT2D eigenvalue weighted by atomic mass is 32.1. The summed E-state index contributed by atoms with van der Waals surface area (Å²) >= 11 is 1.55. The zero-order valence-corrected chi connectivity index (χ0v) is 16.9. The SMILES string of the molecule is Cc1nc(COc2ccccc2C(=O)OCC(=O)NCC2CCCCC2)cs1. The molecule has 0 saturated heterocycles. The molecule has 28 heavy (non-hydrogen) atoms. The third-order valence-electron chi connectivity index (χ3n) is 4.80. The van der Waals surface area contributed by atoms with E-state index < -0.39 is 5.97 Å². The highest BCUT2D eigenvalue weighted by Crippen LogP contribution is 2.23. The van der Waals surface area contributed by atoms with Gasteiger partial charge in [-0.25, -0.2) is 9.78 Å². The second-order valence-corrected chi connectivity index (χ2v) is 8.09. The van der Waals surface area contributed by atoms with Gasteiger partial charge in [0.25, 0.3) is 5.91 Å². The third-order valence-corrected chi connectivity index (χ3v) is 5.62.